The topological polar surface area (TPSA) is 53.9 Å². The Hall–Kier alpha value is -3.23. The number of hydrogen-bond donors (Lipinski definition) is 1. The Morgan fingerprint density at radius 1 is 1.00 bits per heavy atom. The van der Waals surface area contributed by atoms with Crippen LogP contribution in [0.5, 0.6) is 0 Å². The molecule has 5 nitrogen and oxygen atoms in total. The van der Waals surface area contributed by atoms with Crippen LogP contribution in [0.15, 0.2) is 54.9 Å². The Kier molecular flexibility index (Phi) is 5.52. The van der Waals surface area contributed by atoms with Gasteiger partial charge in [-0.1, -0.05) is 12.1 Å². The summed E-state index contributed by atoms with van der Waals surface area (Å²) >= 11 is 0. The van der Waals surface area contributed by atoms with Gasteiger partial charge in [0.2, 0.25) is 0 Å². The molecule has 1 N–H and O–H groups in total. The molecule has 0 saturated carbocycles. The fourth-order valence-corrected chi connectivity index (χ4v) is 3.42. The van der Waals surface area contributed by atoms with Crippen LogP contribution in [0.3, 0.4) is 0 Å². The summed E-state index contributed by atoms with van der Waals surface area (Å²) in [5.74, 6) is -0.119. The third kappa shape index (κ3) is 4.50. The molecule has 0 aliphatic carbocycles. The molecular formula is C21H19F4N5. The highest BCUT2D eigenvalue weighted by Gasteiger charge is 2.34. The molecule has 0 atom stereocenters. The van der Waals surface area contributed by atoms with Gasteiger partial charge in [0.25, 0.3) is 0 Å². The van der Waals surface area contributed by atoms with Gasteiger partial charge in [-0.3, -0.25) is 4.98 Å². The zero-order valence-electron chi connectivity index (χ0n) is 15.9. The number of benzene rings is 1. The predicted octanol–water partition coefficient (Wildman–Crippen LogP) is 4.78. The van der Waals surface area contributed by atoms with Crippen molar-refractivity contribution in [2.45, 2.75) is 25.1 Å². The summed E-state index contributed by atoms with van der Waals surface area (Å²) in [5.41, 5.74) is -0.143. The largest absolute Gasteiger partial charge is 0.433 e. The Bertz CT molecular complexity index is 1000. The molecule has 3 aromatic rings. The van der Waals surface area contributed by atoms with E-state index >= 15 is 0 Å². The van der Waals surface area contributed by atoms with E-state index < -0.39 is 11.9 Å². The normalized spacial score (nSPS) is 15.3. The maximum Gasteiger partial charge on any atom is 0.433 e. The van der Waals surface area contributed by atoms with Crippen LogP contribution in [-0.4, -0.2) is 34.1 Å². The van der Waals surface area contributed by atoms with Crippen LogP contribution in [-0.2, 0) is 6.18 Å². The lowest BCUT2D eigenvalue weighted by Crippen LogP contribution is -2.39. The number of rotatable bonds is 4. The number of nitrogens with zero attached hydrogens (tertiary/aromatic N) is 4. The van der Waals surface area contributed by atoms with Crippen molar-refractivity contribution in [3.63, 3.8) is 0 Å². The summed E-state index contributed by atoms with van der Waals surface area (Å²) in [4.78, 5) is 13.8. The van der Waals surface area contributed by atoms with Crippen LogP contribution in [0.2, 0.25) is 0 Å². The van der Waals surface area contributed by atoms with Crippen LogP contribution >= 0.6 is 0 Å². The third-order valence-electron chi connectivity index (χ3n) is 4.98. The van der Waals surface area contributed by atoms with Gasteiger partial charge >= 0.3 is 6.18 Å². The summed E-state index contributed by atoms with van der Waals surface area (Å²) in [6.45, 7) is 0.986. The van der Waals surface area contributed by atoms with E-state index in [1.165, 1.54) is 18.5 Å². The van der Waals surface area contributed by atoms with Crippen molar-refractivity contribution in [2.24, 2.45) is 0 Å². The predicted molar refractivity (Wildman–Crippen MR) is 106 cm³/mol. The lowest BCUT2D eigenvalue weighted by Gasteiger charge is -2.34. The van der Waals surface area contributed by atoms with Gasteiger partial charge in [-0.15, -0.1) is 0 Å². The Morgan fingerprint density at radius 3 is 2.43 bits per heavy atom. The van der Waals surface area contributed by atoms with Crippen LogP contribution in [0.25, 0.3) is 11.4 Å². The van der Waals surface area contributed by atoms with E-state index in [4.69, 9.17) is 0 Å². The third-order valence-corrected chi connectivity index (χ3v) is 4.98. The standard InChI is InChI=1S/C21H19F4N5/c22-16-5-1-2-6-17(16)27-15-7-10-30(11-8-15)19-12-18(21(23,24)25)28-20(29-19)14-4-3-9-26-13-14/h1-6,9,12-13,15,27H,7-8,10-11H2. The first-order chi connectivity index (χ1) is 14.4. The first-order valence-electron chi connectivity index (χ1n) is 9.53. The minimum absolute atomic E-state index is 0.0143. The summed E-state index contributed by atoms with van der Waals surface area (Å²) in [5, 5.41) is 3.17. The van der Waals surface area contributed by atoms with Crippen LogP contribution in [0.4, 0.5) is 29.1 Å². The average molecular weight is 417 g/mol. The molecule has 1 aromatic carbocycles. The molecule has 1 saturated heterocycles. The van der Waals surface area contributed by atoms with Crippen molar-refractivity contribution in [3.8, 4) is 11.4 Å². The van der Waals surface area contributed by atoms with Crippen molar-refractivity contribution >= 4 is 11.5 Å². The van der Waals surface area contributed by atoms with Crippen LogP contribution in [0, 0.1) is 5.82 Å². The molecule has 0 radical (unpaired) electrons. The maximum absolute atomic E-state index is 13.8. The Morgan fingerprint density at radius 2 is 1.77 bits per heavy atom. The van der Waals surface area contributed by atoms with Gasteiger partial charge in [-0.2, -0.15) is 13.2 Å². The molecule has 1 fully saturated rings. The number of pyridine rings is 1. The molecule has 0 bridgehead atoms. The lowest BCUT2D eigenvalue weighted by molar-refractivity contribution is -0.141. The second-order valence-corrected chi connectivity index (χ2v) is 7.06. The Labute approximate surface area is 170 Å². The van der Waals surface area contributed by atoms with Crippen LogP contribution < -0.4 is 10.2 Å². The smallest absolute Gasteiger partial charge is 0.380 e. The van der Waals surface area contributed by atoms with E-state index in [0.717, 1.165) is 6.07 Å². The van der Waals surface area contributed by atoms with Crippen LogP contribution in [0.1, 0.15) is 18.5 Å². The number of nitrogens with one attached hydrogen (secondary N) is 1. The minimum Gasteiger partial charge on any atom is -0.380 e. The van der Waals surface area contributed by atoms with Crippen molar-refractivity contribution in [2.75, 3.05) is 23.3 Å². The van der Waals surface area contributed by atoms with E-state index in [1.54, 1.807) is 35.2 Å². The number of aromatic nitrogens is 3. The molecule has 0 amide bonds. The lowest BCUT2D eigenvalue weighted by atomic mass is 10.0. The summed E-state index contributed by atoms with van der Waals surface area (Å²) < 4.78 is 54.1. The van der Waals surface area contributed by atoms with Gasteiger partial charge in [0.1, 0.15) is 11.6 Å². The number of alkyl halides is 3. The second kappa shape index (κ2) is 8.25. The molecule has 0 unspecified atom stereocenters. The van der Waals surface area contributed by atoms with E-state index in [1.807, 2.05) is 0 Å². The Balaban J connectivity index is 1.53. The van der Waals surface area contributed by atoms with Crippen molar-refractivity contribution in [3.05, 3.63) is 66.4 Å². The number of hydrogen-bond acceptors (Lipinski definition) is 5. The molecule has 1 aliphatic rings. The van der Waals surface area contributed by atoms with Crippen molar-refractivity contribution < 1.29 is 17.6 Å². The molecule has 9 heteroatoms. The van der Waals surface area contributed by atoms with Gasteiger partial charge < -0.3 is 10.2 Å². The van der Waals surface area contributed by atoms with Gasteiger partial charge in [0.15, 0.2) is 11.5 Å². The number of anilines is 2. The van der Waals surface area contributed by atoms with Gasteiger partial charge in [-0.05, 0) is 37.1 Å². The molecule has 1 aliphatic heterocycles. The molecule has 2 aromatic heterocycles. The molecule has 156 valence electrons. The quantitative estimate of drug-likeness (QED) is 0.620. The SMILES string of the molecule is Fc1ccccc1NC1CCN(c2cc(C(F)(F)F)nc(-c3cccnc3)n2)CC1. The van der Waals surface area contributed by atoms with Gasteiger partial charge in [-0.25, -0.2) is 14.4 Å². The second-order valence-electron chi connectivity index (χ2n) is 7.06. The fraction of sp³-hybridized carbons (Fsp3) is 0.286. The first-order valence-corrected chi connectivity index (χ1v) is 9.53. The highest BCUT2D eigenvalue weighted by Crippen LogP contribution is 2.32. The molecule has 4 rings (SSSR count). The van der Waals surface area contributed by atoms with E-state index in [9.17, 15) is 17.6 Å². The average Bonchev–Trinajstić information content (AvgIpc) is 2.76. The fourth-order valence-electron chi connectivity index (χ4n) is 3.42. The first kappa shape index (κ1) is 20.1. The monoisotopic (exact) mass is 417 g/mol. The molecule has 0 spiro atoms. The zero-order chi connectivity index (χ0) is 21.1. The zero-order valence-corrected chi connectivity index (χ0v) is 15.9. The van der Waals surface area contributed by atoms with Crippen molar-refractivity contribution in [1.29, 1.82) is 0 Å². The molecular weight excluding hydrogens is 398 g/mol. The molecule has 3 heterocycles. The molecule has 30 heavy (non-hydrogen) atoms. The van der Waals surface area contributed by atoms with Gasteiger partial charge in [0, 0.05) is 43.2 Å². The van der Waals surface area contributed by atoms with E-state index in [-0.39, 0.29) is 23.5 Å². The van der Waals surface area contributed by atoms with Gasteiger partial charge in [0.05, 0.1) is 5.69 Å². The highest BCUT2D eigenvalue weighted by atomic mass is 19.4. The van der Waals surface area contributed by atoms with Crippen molar-refractivity contribution in [1.82, 2.24) is 15.0 Å². The minimum atomic E-state index is -4.58. The number of piperidine rings is 1. The summed E-state index contributed by atoms with van der Waals surface area (Å²) in [7, 11) is 0. The maximum atomic E-state index is 13.8. The number of para-hydroxylation sites is 1. The summed E-state index contributed by atoms with van der Waals surface area (Å²) in [6.07, 6.45) is -0.335. The highest BCUT2D eigenvalue weighted by molar-refractivity contribution is 5.57. The van der Waals surface area contributed by atoms with E-state index in [2.05, 4.69) is 20.3 Å². The van der Waals surface area contributed by atoms with E-state index in [0.29, 0.717) is 37.2 Å². The number of halogens is 4. The summed E-state index contributed by atoms with van der Waals surface area (Å²) in [6, 6.07) is 10.7.